The number of phenols is 1. The summed E-state index contributed by atoms with van der Waals surface area (Å²) in [6.45, 7) is 6.67. The molecule has 0 bridgehead atoms. The second-order valence-electron chi connectivity index (χ2n) is 6.30. The maximum Gasteiger partial charge on any atom is 0.458 e. The van der Waals surface area contributed by atoms with Gasteiger partial charge in [0, 0.05) is 13.4 Å². The summed E-state index contributed by atoms with van der Waals surface area (Å²) in [6, 6.07) is 7.18. The first-order valence-electron chi connectivity index (χ1n) is 8.72. The van der Waals surface area contributed by atoms with E-state index < -0.39 is 7.12 Å². The van der Waals surface area contributed by atoms with Crippen LogP contribution in [0.25, 0.3) is 6.08 Å². The number of rotatable bonds is 8. The molecule has 2 rings (SSSR count). The summed E-state index contributed by atoms with van der Waals surface area (Å²) in [7, 11) is 0.893. The van der Waals surface area contributed by atoms with Crippen LogP contribution in [-0.4, -0.2) is 37.1 Å². The van der Waals surface area contributed by atoms with Crippen molar-refractivity contribution < 1.29 is 19.5 Å². The molecule has 1 atom stereocenters. The second-order valence-corrected chi connectivity index (χ2v) is 6.30. The minimum atomic E-state index is -0.754. The molecule has 1 aromatic carbocycles. The summed E-state index contributed by atoms with van der Waals surface area (Å²) < 4.78 is 10.9. The van der Waals surface area contributed by atoms with Crippen molar-refractivity contribution in [3.8, 4) is 5.75 Å². The molecule has 1 heterocycles. The van der Waals surface area contributed by atoms with Crippen molar-refractivity contribution in [2.24, 2.45) is 0 Å². The SMILES string of the molecule is C=C(COC)C1=CCB(O)OC1CC/C(=C/c1ccc(O)cc1)CC. The van der Waals surface area contributed by atoms with Crippen molar-refractivity contribution in [1.82, 2.24) is 0 Å². The third-order valence-corrected chi connectivity index (χ3v) is 4.38. The molecule has 0 saturated carbocycles. The zero-order chi connectivity index (χ0) is 18.2. The number of phenolic OH excluding ortho intramolecular Hbond substituents is 1. The van der Waals surface area contributed by atoms with Gasteiger partial charge < -0.3 is 19.5 Å². The van der Waals surface area contributed by atoms with E-state index in [1.165, 1.54) is 5.57 Å². The monoisotopic (exact) mass is 342 g/mol. The molecule has 5 heteroatoms. The van der Waals surface area contributed by atoms with Gasteiger partial charge in [0.1, 0.15) is 5.75 Å². The lowest BCUT2D eigenvalue weighted by molar-refractivity contribution is 0.176. The first-order valence-corrected chi connectivity index (χ1v) is 8.72. The van der Waals surface area contributed by atoms with E-state index in [4.69, 9.17) is 9.39 Å². The maximum atomic E-state index is 9.83. The Kier molecular flexibility index (Phi) is 7.50. The fourth-order valence-corrected chi connectivity index (χ4v) is 3.00. The van der Waals surface area contributed by atoms with Crippen molar-refractivity contribution >= 4 is 13.2 Å². The quantitative estimate of drug-likeness (QED) is 0.702. The number of allylic oxidation sites excluding steroid dienone is 2. The predicted octanol–water partition coefficient (Wildman–Crippen LogP) is 3.97. The van der Waals surface area contributed by atoms with Gasteiger partial charge in [0.05, 0.1) is 12.7 Å². The lowest BCUT2D eigenvalue weighted by Gasteiger charge is -2.28. The van der Waals surface area contributed by atoms with E-state index in [-0.39, 0.29) is 11.9 Å². The fraction of sp³-hybridized carbons (Fsp3) is 0.400. The summed E-state index contributed by atoms with van der Waals surface area (Å²) in [5.41, 5.74) is 4.30. The highest BCUT2D eigenvalue weighted by molar-refractivity contribution is 6.43. The van der Waals surface area contributed by atoms with E-state index in [0.29, 0.717) is 12.9 Å². The van der Waals surface area contributed by atoms with Crippen LogP contribution in [0.3, 0.4) is 0 Å². The van der Waals surface area contributed by atoms with E-state index in [2.05, 4.69) is 19.6 Å². The van der Waals surface area contributed by atoms with E-state index in [9.17, 15) is 10.1 Å². The van der Waals surface area contributed by atoms with Gasteiger partial charge in [-0.1, -0.05) is 43.4 Å². The molecule has 1 aliphatic rings. The zero-order valence-electron chi connectivity index (χ0n) is 15.1. The van der Waals surface area contributed by atoms with Gasteiger partial charge >= 0.3 is 7.12 Å². The van der Waals surface area contributed by atoms with Crippen molar-refractivity contribution in [1.29, 1.82) is 0 Å². The number of methoxy groups -OCH3 is 1. The summed E-state index contributed by atoms with van der Waals surface area (Å²) >= 11 is 0. The molecule has 0 radical (unpaired) electrons. The number of aromatic hydroxyl groups is 1. The Morgan fingerprint density at radius 3 is 2.76 bits per heavy atom. The molecule has 4 nitrogen and oxygen atoms in total. The molecule has 0 aliphatic carbocycles. The molecule has 0 saturated heterocycles. The van der Waals surface area contributed by atoms with Gasteiger partial charge in [0.2, 0.25) is 0 Å². The van der Waals surface area contributed by atoms with Gasteiger partial charge in [0.25, 0.3) is 0 Å². The number of hydrogen-bond donors (Lipinski definition) is 2. The largest absolute Gasteiger partial charge is 0.508 e. The smallest absolute Gasteiger partial charge is 0.458 e. The fourth-order valence-electron chi connectivity index (χ4n) is 3.00. The standard InChI is InChI=1S/C20H27BO4/c1-4-16(13-17-5-8-18(22)9-6-17)7-10-20-19(15(2)14-24-3)11-12-21(23)25-20/h5-6,8-9,11,13,20,22-23H,2,4,7,10,12,14H2,1,3H3/b16-13+. The lowest BCUT2D eigenvalue weighted by atomic mass is 9.78. The normalized spacial score (nSPS) is 18.2. The van der Waals surface area contributed by atoms with Gasteiger partial charge in [-0.2, -0.15) is 0 Å². The van der Waals surface area contributed by atoms with Crippen LogP contribution in [0.4, 0.5) is 0 Å². The summed E-state index contributed by atoms with van der Waals surface area (Å²) in [5.74, 6) is 0.270. The van der Waals surface area contributed by atoms with Crippen molar-refractivity contribution in [3.05, 3.63) is 59.2 Å². The van der Waals surface area contributed by atoms with Crippen LogP contribution in [0.15, 0.2) is 53.6 Å². The minimum Gasteiger partial charge on any atom is -0.508 e. The number of ether oxygens (including phenoxy) is 1. The van der Waals surface area contributed by atoms with E-state index >= 15 is 0 Å². The zero-order valence-corrected chi connectivity index (χ0v) is 15.1. The molecular weight excluding hydrogens is 315 g/mol. The van der Waals surface area contributed by atoms with E-state index in [1.807, 2.05) is 18.2 Å². The predicted molar refractivity (Wildman–Crippen MR) is 102 cm³/mol. The van der Waals surface area contributed by atoms with Crippen LogP contribution in [0, 0.1) is 0 Å². The average Bonchev–Trinajstić information content (AvgIpc) is 2.60. The summed E-state index contributed by atoms with van der Waals surface area (Å²) in [5, 5.41) is 19.2. The third kappa shape index (κ3) is 5.89. The maximum absolute atomic E-state index is 9.83. The second kappa shape index (κ2) is 9.61. The van der Waals surface area contributed by atoms with Crippen molar-refractivity contribution in [3.63, 3.8) is 0 Å². The minimum absolute atomic E-state index is 0.166. The van der Waals surface area contributed by atoms with Crippen molar-refractivity contribution in [2.75, 3.05) is 13.7 Å². The Bertz CT molecular complexity index is 634. The Labute approximate surface area is 150 Å². The van der Waals surface area contributed by atoms with Crippen LogP contribution < -0.4 is 0 Å². The molecule has 1 aliphatic heterocycles. The van der Waals surface area contributed by atoms with Crippen LogP contribution in [0.5, 0.6) is 5.75 Å². The third-order valence-electron chi connectivity index (χ3n) is 4.38. The van der Waals surface area contributed by atoms with Crippen LogP contribution in [-0.2, 0) is 9.39 Å². The molecule has 0 aromatic heterocycles. The molecule has 134 valence electrons. The number of benzene rings is 1. The highest BCUT2D eigenvalue weighted by Crippen LogP contribution is 2.28. The number of hydrogen-bond acceptors (Lipinski definition) is 4. The Morgan fingerprint density at radius 2 is 2.12 bits per heavy atom. The van der Waals surface area contributed by atoms with Gasteiger partial charge in [0.15, 0.2) is 0 Å². The van der Waals surface area contributed by atoms with E-state index in [1.54, 1.807) is 19.2 Å². The first kappa shape index (κ1) is 19.5. The highest BCUT2D eigenvalue weighted by atomic mass is 16.5. The molecule has 1 unspecified atom stereocenters. The molecular formula is C20H27BO4. The molecule has 1 aromatic rings. The Balaban J connectivity index is 2.05. The van der Waals surface area contributed by atoms with Crippen molar-refractivity contribution in [2.45, 2.75) is 38.6 Å². The van der Waals surface area contributed by atoms with Crippen LogP contribution in [0.1, 0.15) is 31.7 Å². The topological polar surface area (TPSA) is 58.9 Å². The molecule has 2 N–H and O–H groups in total. The molecule has 25 heavy (non-hydrogen) atoms. The van der Waals surface area contributed by atoms with Crippen LogP contribution >= 0.6 is 0 Å². The van der Waals surface area contributed by atoms with Crippen LogP contribution in [0.2, 0.25) is 6.32 Å². The van der Waals surface area contributed by atoms with Gasteiger partial charge in [-0.05, 0) is 48.1 Å². The highest BCUT2D eigenvalue weighted by Gasteiger charge is 2.28. The lowest BCUT2D eigenvalue weighted by Crippen LogP contribution is -2.32. The summed E-state index contributed by atoms with van der Waals surface area (Å²) in [6.07, 6.45) is 7.06. The van der Waals surface area contributed by atoms with E-state index in [0.717, 1.165) is 36.0 Å². The summed E-state index contributed by atoms with van der Waals surface area (Å²) in [4.78, 5) is 0. The average molecular weight is 342 g/mol. The van der Waals surface area contributed by atoms with Gasteiger partial charge in [-0.25, -0.2) is 0 Å². The first-order chi connectivity index (χ1) is 12.0. The van der Waals surface area contributed by atoms with Gasteiger partial charge in [-0.3, -0.25) is 0 Å². The molecule has 0 amide bonds. The Morgan fingerprint density at radius 1 is 1.40 bits per heavy atom. The van der Waals surface area contributed by atoms with Gasteiger partial charge in [-0.15, -0.1) is 0 Å². The molecule has 0 fully saturated rings. The Hall–Kier alpha value is -1.82. The molecule has 0 spiro atoms.